The van der Waals surface area contributed by atoms with Crippen LogP contribution in [0.2, 0.25) is 0 Å². The lowest BCUT2D eigenvalue weighted by atomic mass is 9.66. The molecule has 1 aromatic rings. The first-order valence-electron chi connectivity index (χ1n) is 14.0. The number of allylic oxidation sites excluding steroid dienone is 1. The van der Waals surface area contributed by atoms with Crippen molar-refractivity contribution in [3.63, 3.8) is 0 Å². The molecule has 0 saturated carbocycles. The number of halogens is 3. The highest BCUT2D eigenvalue weighted by Crippen LogP contribution is 2.49. The quantitative estimate of drug-likeness (QED) is 0.549. The van der Waals surface area contributed by atoms with Crippen LogP contribution in [0.1, 0.15) is 38.7 Å². The van der Waals surface area contributed by atoms with E-state index in [1.807, 2.05) is 9.80 Å². The summed E-state index contributed by atoms with van der Waals surface area (Å²) >= 11 is 0. The Bertz CT molecular complexity index is 1130. The van der Waals surface area contributed by atoms with Crippen molar-refractivity contribution in [1.82, 2.24) is 20.1 Å². The van der Waals surface area contributed by atoms with Crippen molar-refractivity contribution in [2.45, 2.75) is 63.5 Å². The molecule has 2 amide bonds. The first-order valence-corrected chi connectivity index (χ1v) is 14.0. The first kappa shape index (κ1) is 28.7. The molecule has 1 spiro atoms. The summed E-state index contributed by atoms with van der Waals surface area (Å²) in [7, 11) is 1.64. The second-order valence-electron chi connectivity index (χ2n) is 11.4. The fourth-order valence-corrected chi connectivity index (χ4v) is 6.89. The summed E-state index contributed by atoms with van der Waals surface area (Å²) in [4.78, 5) is 35.2. The van der Waals surface area contributed by atoms with Crippen LogP contribution in [0.5, 0.6) is 0 Å². The van der Waals surface area contributed by atoms with E-state index in [9.17, 15) is 22.8 Å². The molecule has 9 nitrogen and oxygen atoms in total. The normalized spacial score (nSPS) is 32.5. The molecule has 40 heavy (non-hydrogen) atoms. The molecule has 0 radical (unpaired) electrons. The minimum absolute atomic E-state index is 0.0448. The number of hydrogen-bond acceptors (Lipinski definition) is 7. The maximum absolute atomic E-state index is 13.3. The predicted octanol–water partition coefficient (Wildman–Crippen LogP) is 3.31. The molecular formula is C28H38F3N5O4. The number of nitrogens with one attached hydrogen (secondary N) is 1. The Balaban J connectivity index is 1.25. The zero-order valence-electron chi connectivity index (χ0n) is 23.2. The van der Waals surface area contributed by atoms with E-state index in [0.717, 1.165) is 25.0 Å². The summed E-state index contributed by atoms with van der Waals surface area (Å²) < 4.78 is 50.8. The highest BCUT2D eigenvalue weighted by molar-refractivity contribution is 5.79. The van der Waals surface area contributed by atoms with Crippen LogP contribution in [0.25, 0.3) is 0 Å². The second kappa shape index (κ2) is 11.2. The van der Waals surface area contributed by atoms with Crippen LogP contribution in [0.4, 0.5) is 23.8 Å². The zero-order chi connectivity index (χ0) is 28.7. The van der Waals surface area contributed by atoms with E-state index in [-0.39, 0.29) is 53.4 Å². The lowest BCUT2D eigenvalue weighted by Gasteiger charge is -2.53. The van der Waals surface area contributed by atoms with Gasteiger partial charge in [-0.05, 0) is 37.8 Å². The average Bonchev–Trinajstić information content (AvgIpc) is 3.34. The van der Waals surface area contributed by atoms with Crippen molar-refractivity contribution in [3.8, 4) is 0 Å². The molecular weight excluding hydrogens is 527 g/mol. The van der Waals surface area contributed by atoms with Crippen LogP contribution < -0.4 is 10.2 Å². The number of anilines is 1. The number of hydrogen-bond donors (Lipinski definition) is 1. The summed E-state index contributed by atoms with van der Waals surface area (Å²) in [5, 5.41) is 3.70. The van der Waals surface area contributed by atoms with E-state index in [2.05, 4.69) is 29.4 Å². The number of carbonyl (C=O) groups is 2. The van der Waals surface area contributed by atoms with Crippen molar-refractivity contribution in [3.05, 3.63) is 36.0 Å². The number of ether oxygens (including phenoxy) is 2. The molecule has 12 heteroatoms. The Kier molecular flexibility index (Phi) is 8.02. The van der Waals surface area contributed by atoms with Gasteiger partial charge in [0.25, 0.3) is 0 Å². The van der Waals surface area contributed by atoms with Crippen molar-refractivity contribution in [2.24, 2.45) is 11.3 Å². The number of fused-ring (bicyclic) bond motifs is 1. The van der Waals surface area contributed by atoms with Crippen LogP contribution in [0.3, 0.4) is 0 Å². The fraction of sp³-hybridized carbons (Fsp3) is 0.679. The predicted molar refractivity (Wildman–Crippen MR) is 142 cm³/mol. The number of piperidine rings is 2. The molecule has 4 heterocycles. The molecule has 3 fully saturated rings. The molecule has 1 aromatic heterocycles. The highest BCUT2D eigenvalue weighted by atomic mass is 19.4. The number of aromatic nitrogens is 1. The Morgan fingerprint density at radius 2 is 2.05 bits per heavy atom. The molecule has 4 aliphatic rings. The third-order valence-corrected chi connectivity index (χ3v) is 9.18. The second-order valence-corrected chi connectivity index (χ2v) is 11.4. The van der Waals surface area contributed by atoms with E-state index in [4.69, 9.17) is 9.47 Å². The number of amides is 2. The smallest absolute Gasteiger partial charge is 0.416 e. The first-order chi connectivity index (χ1) is 19.0. The standard InChI is InChI=1S/C28H38F3N5O4/c1-4-40-26(38)35-10-7-21(23(17-35)39-3)33-20-5-8-27(14-20)15-25(37)36-12-11-34(16-22(36)18(27)2)24-13-19(6-9-32-24)28(29,30)31/h5-6,8-9,13,18,20-23,33H,4,7,10-12,14-17H2,1-3H3/t18?,20-,21?,22?,23?,27-/m1/s1. The van der Waals surface area contributed by atoms with E-state index in [1.165, 1.54) is 6.20 Å². The van der Waals surface area contributed by atoms with Gasteiger partial charge in [-0.2, -0.15) is 13.2 Å². The lowest BCUT2D eigenvalue weighted by Crippen LogP contribution is -2.64. The molecule has 4 unspecified atom stereocenters. The number of rotatable bonds is 5. The summed E-state index contributed by atoms with van der Waals surface area (Å²) in [6, 6.07) is 2.03. The van der Waals surface area contributed by atoms with Gasteiger partial charge in [0.2, 0.25) is 5.91 Å². The van der Waals surface area contributed by atoms with Gasteiger partial charge in [-0.1, -0.05) is 19.1 Å². The van der Waals surface area contributed by atoms with Crippen LogP contribution in [0, 0.1) is 11.3 Å². The maximum Gasteiger partial charge on any atom is 0.416 e. The van der Waals surface area contributed by atoms with Crippen LogP contribution in [0.15, 0.2) is 30.5 Å². The summed E-state index contributed by atoms with van der Waals surface area (Å²) in [5.41, 5.74) is -1.06. The SMILES string of the molecule is CCOC(=O)N1CCC(N[C@@H]2C=C[C@]3(CC(=O)N4CCN(c5cc(C(F)(F)F)ccn5)CC4C3C)C2)C(OC)C1. The highest BCUT2D eigenvalue weighted by Gasteiger charge is 2.52. The van der Waals surface area contributed by atoms with Gasteiger partial charge in [0.05, 0.1) is 30.9 Å². The van der Waals surface area contributed by atoms with Gasteiger partial charge in [0.1, 0.15) is 5.82 Å². The van der Waals surface area contributed by atoms with Gasteiger partial charge in [-0.25, -0.2) is 9.78 Å². The Morgan fingerprint density at radius 3 is 2.77 bits per heavy atom. The molecule has 0 aromatic carbocycles. The average molecular weight is 566 g/mol. The molecule has 6 atom stereocenters. The number of carbonyl (C=O) groups excluding carboxylic acids is 2. The molecule has 1 aliphatic carbocycles. The molecule has 0 bridgehead atoms. The number of pyridine rings is 1. The maximum atomic E-state index is 13.3. The van der Waals surface area contributed by atoms with E-state index in [0.29, 0.717) is 45.8 Å². The van der Waals surface area contributed by atoms with Gasteiger partial charge >= 0.3 is 12.3 Å². The molecule has 3 saturated heterocycles. The minimum Gasteiger partial charge on any atom is -0.450 e. The van der Waals surface area contributed by atoms with E-state index in [1.54, 1.807) is 18.9 Å². The van der Waals surface area contributed by atoms with Gasteiger partial charge < -0.3 is 29.5 Å². The minimum atomic E-state index is -4.44. The Hall–Kier alpha value is -2.86. The molecule has 3 aliphatic heterocycles. The van der Waals surface area contributed by atoms with Crippen LogP contribution >= 0.6 is 0 Å². The van der Waals surface area contributed by atoms with Crippen molar-refractivity contribution in [1.29, 1.82) is 0 Å². The van der Waals surface area contributed by atoms with Crippen molar-refractivity contribution in [2.75, 3.05) is 51.3 Å². The zero-order valence-corrected chi connectivity index (χ0v) is 23.2. The van der Waals surface area contributed by atoms with Gasteiger partial charge in [-0.15, -0.1) is 0 Å². The summed E-state index contributed by atoms with van der Waals surface area (Å²) in [6.45, 7) is 6.62. The molecule has 5 rings (SSSR count). The van der Waals surface area contributed by atoms with Crippen LogP contribution in [-0.4, -0.2) is 97.5 Å². The topological polar surface area (TPSA) is 87.2 Å². The van der Waals surface area contributed by atoms with E-state index >= 15 is 0 Å². The number of alkyl halides is 3. The number of nitrogens with zero attached hydrogens (tertiary/aromatic N) is 4. The number of methoxy groups -OCH3 is 1. The Labute approximate surface area is 232 Å². The lowest BCUT2D eigenvalue weighted by molar-refractivity contribution is -0.145. The largest absolute Gasteiger partial charge is 0.450 e. The molecule has 1 N–H and O–H groups in total. The monoisotopic (exact) mass is 565 g/mol. The molecule has 220 valence electrons. The van der Waals surface area contributed by atoms with E-state index < -0.39 is 11.7 Å². The van der Waals surface area contributed by atoms with Gasteiger partial charge in [-0.3, -0.25) is 4.79 Å². The van der Waals surface area contributed by atoms with Gasteiger partial charge in [0.15, 0.2) is 0 Å². The van der Waals surface area contributed by atoms with Crippen molar-refractivity contribution >= 4 is 17.8 Å². The number of likely N-dealkylation sites (tertiary alicyclic amines) is 1. The third-order valence-electron chi connectivity index (χ3n) is 9.18. The fourth-order valence-electron chi connectivity index (χ4n) is 6.89. The summed E-state index contributed by atoms with van der Waals surface area (Å²) in [6.07, 6.45) is 2.43. The number of piperazine rings is 1. The Morgan fingerprint density at radius 1 is 1.25 bits per heavy atom. The summed E-state index contributed by atoms with van der Waals surface area (Å²) in [5.74, 6) is 0.475. The van der Waals surface area contributed by atoms with Crippen LogP contribution in [-0.2, 0) is 20.4 Å². The van der Waals surface area contributed by atoms with Crippen molar-refractivity contribution < 1.29 is 32.2 Å². The third kappa shape index (κ3) is 5.52. The van der Waals surface area contributed by atoms with Gasteiger partial charge in [0, 0.05) is 63.4 Å².